The Balaban J connectivity index is 0.0000104. The summed E-state index contributed by atoms with van der Waals surface area (Å²) >= 11 is 0. The van der Waals surface area contributed by atoms with Gasteiger partial charge in [-0.2, -0.15) is 0 Å². The Morgan fingerprint density at radius 2 is 1.45 bits per heavy atom. The summed E-state index contributed by atoms with van der Waals surface area (Å²) < 4.78 is 5.96. The highest BCUT2D eigenvalue weighted by Gasteiger charge is 2.28. The molecule has 47 heavy (non-hydrogen) atoms. The number of carbonyl (C=O) groups is 5. The number of hydrogen-bond acceptors (Lipinski definition) is 7. The van der Waals surface area contributed by atoms with Gasteiger partial charge in [-0.3, -0.25) is 29.2 Å². The molecule has 1 unspecified atom stereocenters. The van der Waals surface area contributed by atoms with Crippen LogP contribution in [0.4, 0.5) is 0 Å². The smallest absolute Gasteiger partial charge is 0.246 e. The van der Waals surface area contributed by atoms with Crippen LogP contribution in [0.15, 0.2) is 24.3 Å². The molecule has 12 heteroatoms. The summed E-state index contributed by atoms with van der Waals surface area (Å²) in [6.45, 7) is 19.2. The highest BCUT2D eigenvalue weighted by Crippen LogP contribution is 2.23. The third kappa shape index (κ3) is 19.7. The number of nitrogens with one attached hydrogen (secondary N) is 5. The van der Waals surface area contributed by atoms with Crippen molar-refractivity contribution in [1.82, 2.24) is 26.7 Å². The van der Waals surface area contributed by atoms with Crippen LogP contribution in [0.5, 0.6) is 0 Å². The van der Waals surface area contributed by atoms with E-state index in [9.17, 15) is 24.0 Å². The van der Waals surface area contributed by atoms with E-state index in [4.69, 9.17) is 9.94 Å². The van der Waals surface area contributed by atoms with Gasteiger partial charge in [-0.15, -0.1) is 0 Å². The van der Waals surface area contributed by atoms with Crippen LogP contribution in [-0.4, -0.2) is 67.6 Å². The fourth-order valence-corrected chi connectivity index (χ4v) is 4.67. The zero-order valence-electron chi connectivity index (χ0n) is 30.3. The van der Waals surface area contributed by atoms with Crippen molar-refractivity contribution in [2.24, 2.45) is 22.7 Å². The second-order valence-corrected chi connectivity index (χ2v) is 13.8. The standard InChI is InChI=1S/C33H55N5O7.C2H6/c1-22(2)15-25(30(42)38-44)16-28(40)37-26(31(43)34-8)13-14-27(39)36-19-33(6,7)21-45-20-32(4,5)17-29(41)35-18-24-11-9-23(3)10-12-24;1-2/h9-12,22,25-26,44H,13-21H2,1-8H3,(H,34,43)(H,35,41)(H,36,39)(H,37,40)(H,38,42);1-2H3/t25?,26-;/m0./s1. The second kappa shape index (κ2) is 22.1. The molecule has 0 aliphatic carbocycles. The molecule has 1 aromatic rings. The van der Waals surface area contributed by atoms with Gasteiger partial charge < -0.3 is 26.0 Å². The van der Waals surface area contributed by atoms with Crippen molar-refractivity contribution >= 4 is 29.5 Å². The summed E-state index contributed by atoms with van der Waals surface area (Å²) in [5, 5.41) is 19.9. The molecule has 5 amide bonds. The molecule has 268 valence electrons. The van der Waals surface area contributed by atoms with Crippen molar-refractivity contribution in [3.63, 3.8) is 0 Å². The predicted octanol–water partition coefficient (Wildman–Crippen LogP) is 3.78. The van der Waals surface area contributed by atoms with E-state index in [1.807, 2.05) is 86.6 Å². The lowest BCUT2D eigenvalue weighted by atomic mass is 9.89. The van der Waals surface area contributed by atoms with E-state index in [0.29, 0.717) is 39.1 Å². The summed E-state index contributed by atoms with van der Waals surface area (Å²) in [6.07, 6.45) is 0.551. The normalized spacial score (nSPS) is 12.6. The number of rotatable bonds is 20. The van der Waals surface area contributed by atoms with Crippen molar-refractivity contribution in [2.75, 3.05) is 26.8 Å². The summed E-state index contributed by atoms with van der Waals surface area (Å²) in [7, 11) is 1.43. The SMILES string of the molecule is CC.CNC(=O)[C@H](CCC(=O)NCC(C)(C)COCC(C)(C)CC(=O)NCc1ccc(C)cc1)NC(=O)CC(CC(C)C)C(=O)NO. The molecule has 2 atom stereocenters. The van der Waals surface area contributed by atoms with Crippen LogP contribution < -0.4 is 26.7 Å². The van der Waals surface area contributed by atoms with E-state index < -0.39 is 35.1 Å². The fraction of sp³-hybridized carbons (Fsp3) is 0.686. The molecule has 0 saturated carbocycles. The summed E-state index contributed by atoms with van der Waals surface area (Å²) in [4.78, 5) is 62.1. The van der Waals surface area contributed by atoms with Gasteiger partial charge in [0.2, 0.25) is 29.5 Å². The van der Waals surface area contributed by atoms with Crippen molar-refractivity contribution in [3.8, 4) is 0 Å². The van der Waals surface area contributed by atoms with Gasteiger partial charge in [0.15, 0.2) is 0 Å². The first-order valence-electron chi connectivity index (χ1n) is 16.6. The molecular weight excluding hydrogens is 602 g/mol. The minimum absolute atomic E-state index is 0.00736. The first-order chi connectivity index (χ1) is 22.0. The molecule has 0 aliphatic heterocycles. The van der Waals surface area contributed by atoms with Crippen molar-refractivity contribution in [3.05, 3.63) is 35.4 Å². The van der Waals surface area contributed by atoms with E-state index in [0.717, 1.165) is 5.56 Å². The quantitative estimate of drug-likeness (QED) is 0.0909. The zero-order chi connectivity index (χ0) is 36.2. The summed E-state index contributed by atoms with van der Waals surface area (Å²) in [5.41, 5.74) is 3.02. The number of likely N-dealkylation sites (N-methyl/N-ethyl adjacent to an activating group) is 1. The van der Waals surface area contributed by atoms with Crippen LogP contribution in [0, 0.1) is 29.6 Å². The topological polar surface area (TPSA) is 175 Å². The van der Waals surface area contributed by atoms with Crippen molar-refractivity contribution < 1.29 is 33.9 Å². The monoisotopic (exact) mass is 663 g/mol. The van der Waals surface area contributed by atoms with Crippen LogP contribution in [0.1, 0.15) is 98.6 Å². The molecule has 0 radical (unpaired) electrons. The number of ether oxygens (including phenoxy) is 1. The number of aryl methyl sites for hydroxylation is 1. The average molecular weight is 664 g/mol. The van der Waals surface area contributed by atoms with E-state index in [1.54, 1.807) is 5.48 Å². The zero-order valence-corrected chi connectivity index (χ0v) is 30.3. The average Bonchev–Trinajstić information content (AvgIpc) is 3.00. The highest BCUT2D eigenvalue weighted by atomic mass is 16.5. The van der Waals surface area contributed by atoms with E-state index in [-0.39, 0.29) is 42.4 Å². The van der Waals surface area contributed by atoms with Gasteiger partial charge in [-0.05, 0) is 36.7 Å². The third-order valence-electron chi connectivity index (χ3n) is 7.23. The minimum Gasteiger partial charge on any atom is -0.380 e. The molecule has 0 aromatic heterocycles. The Kier molecular flexibility index (Phi) is 20.5. The Morgan fingerprint density at radius 1 is 0.851 bits per heavy atom. The van der Waals surface area contributed by atoms with Gasteiger partial charge in [-0.25, -0.2) is 5.48 Å². The van der Waals surface area contributed by atoms with Crippen LogP contribution in [0.2, 0.25) is 0 Å². The second-order valence-electron chi connectivity index (χ2n) is 13.8. The first kappa shape index (κ1) is 43.5. The number of hydroxylamine groups is 1. The maximum Gasteiger partial charge on any atom is 0.246 e. The van der Waals surface area contributed by atoms with Gasteiger partial charge in [-0.1, -0.05) is 85.2 Å². The molecule has 1 rings (SSSR count). The minimum atomic E-state index is -0.960. The molecule has 0 saturated heterocycles. The first-order valence-corrected chi connectivity index (χ1v) is 16.6. The van der Waals surface area contributed by atoms with Crippen LogP contribution >= 0.6 is 0 Å². The fourth-order valence-electron chi connectivity index (χ4n) is 4.67. The third-order valence-corrected chi connectivity index (χ3v) is 7.23. The molecule has 0 fully saturated rings. The molecule has 0 aliphatic rings. The Bertz CT molecular complexity index is 1120. The number of hydrogen-bond donors (Lipinski definition) is 6. The Labute approximate surface area is 281 Å². The van der Waals surface area contributed by atoms with Gasteiger partial charge in [0.25, 0.3) is 0 Å². The summed E-state index contributed by atoms with van der Waals surface area (Å²) in [5.74, 6) is -2.61. The predicted molar refractivity (Wildman–Crippen MR) is 183 cm³/mol. The largest absolute Gasteiger partial charge is 0.380 e. The van der Waals surface area contributed by atoms with Gasteiger partial charge >= 0.3 is 0 Å². The molecule has 0 heterocycles. The van der Waals surface area contributed by atoms with Crippen molar-refractivity contribution in [2.45, 2.75) is 107 Å². The van der Waals surface area contributed by atoms with Crippen LogP contribution in [0.3, 0.4) is 0 Å². The maximum absolute atomic E-state index is 12.6. The molecule has 12 nitrogen and oxygen atoms in total. The number of benzene rings is 1. The molecular formula is C35H61N5O7. The van der Waals surface area contributed by atoms with Gasteiger partial charge in [0.1, 0.15) is 6.04 Å². The molecule has 1 aromatic carbocycles. The highest BCUT2D eigenvalue weighted by molar-refractivity contribution is 5.90. The summed E-state index contributed by atoms with van der Waals surface area (Å²) in [6, 6.07) is 7.06. The number of carbonyl (C=O) groups excluding carboxylic acids is 5. The lowest BCUT2D eigenvalue weighted by Gasteiger charge is -2.29. The Morgan fingerprint density at radius 3 is 2.00 bits per heavy atom. The van der Waals surface area contributed by atoms with E-state index in [2.05, 4.69) is 21.3 Å². The molecule has 0 spiro atoms. The lowest BCUT2D eigenvalue weighted by molar-refractivity contribution is -0.137. The van der Waals surface area contributed by atoms with E-state index in [1.165, 1.54) is 12.6 Å². The van der Waals surface area contributed by atoms with Crippen molar-refractivity contribution in [1.29, 1.82) is 0 Å². The van der Waals surface area contributed by atoms with Gasteiger partial charge in [0, 0.05) is 50.7 Å². The van der Waals surface area contributed by atoms with Crippen LogP contribution in [0.25, 0.3) is 0 Å². The van der Waals surface area contributed by atoms with Gasteiger partial charge in [0.05, 0.1) is 13.2 Å². The number of amides is 5. The van der Waals surface area contributed by atoms with Crippen LogP contribution in [-0.2, 0) is 35.3 Å². The Hall–Kier alpha value is -3.51. The molecule has 0 bridgehead atoms. The lowest BCUT2D eigenvalue weighted by Crippen LogP contribution is -2.47. The maximum atomic E-state index is 12.6. The van der Waals surface area contributed by atoms with E-state index >= 15 is 0 Å². The molecule has 6 N–H and O–H groups in total.